The number of nitrogens with one attached hydrogen (secondary N) is 1. The van der Waals surface area contributed by atoms with Crippen molar-refractivity contribution in [3.63, 3.8) is 0 Å². The van der Waals surface area contributed by atoms with E-state index in [9.17, 15) is 4.79 Å². The van der Waals surface area contributed by atoms with Gasteiger partial charge in [-0.2, -0.15) is 11.3 Å². The van der Waals surface area contributed by atoms with Gasteiger partial charge in [-0.1, -0.05) is 0 Å². The van der Waals surface area contributed by atoms with Gasteiger partial charge in [-0.3, -0.25) is 4.79 Å². The van der Waals surface area contributed by atoms with Crippen LogP contribution in [0.4, 0.5) is 0 Å². The van der Waals surface area contributed by atoms with Gasteiger partial charge in [0.25, 0.3) is 5.91 Å². The molecule has 2 N–H and O–H groups in total. The lowest BCUT2D eigenvalue weighted by Gasteiger charge is -2.15. The molecule has 0 spiro atoms. The number of hydrogen-bond donors (Lipinski definition) is 2. The third-order valence-electron chi connectivity index (χ3n) is 2.69. The predicted molar refractivity (Wildman–Crippen MR) is 80.3 cm³/mol. The Morgan fingerprint density at radius 3 is 3.05 bits per heavy atom. The number of thiophene rings is 1. The molecule has 0 saturated heterocycles. The van der Waals surface area contributed by atoms with Crippen LogP contribution in [0, 0.1) is 0 Å². The highest BCUT2D eigenvalue weighted by molar-refractivity contribution is 7.14. The Labute approximate surface area is 125 Å². The molecule has 0 aromatic carbocycles. The second kappa shape index (κ2) is 7.49. The van der Waals surface area contributed by atoms with Gasteiger partial charge in [-0.25, -0.2) is 4.98 Å². The molecule has 0 fully saturated rings. The summed E-state index contributed by atoms with van der Waals surface area (Å²) in [6.45, 7) is 0.374. The van der Waals surface area contributed by atoms with Crippen LogP contribution in [0.2, 0.25) is 0 Å². The van der Waals surface area contributed by atoms with Gasteiger partial charge in [-0.05, 0) is 17.9 Å². The molecule has 2 heterocycles. The van der Waals surface area contributed by atoms with Crippen LogP contribution in [0.15, 0.2) is 22.2 Å². The summed E-state index contributed by atoms with van der Waals surface area (Å²) < 4.78 is 5.02. The highest BCUT2D eigenvalue weighted by Crippen LogP contribution is 2.25. The molecule has 2 rings (SSSR count). The monoisotopic (exact) mass is 312 g/mol. The minimum absolute atomic E-state index is 0.00548. The van der Waals surface area contributed by atoms with Crippen molar-refractivity contribution in [1.29, 1.82) is 0 Å². The number of thiazole rings is 1. The summed E-state index contributed by atoms with van der Waals surface area (Å²) in [6.07, 6.45) is 0.459. The molecule has 2 aromatic heterocycles. The van der Waals surface area contributed by atoms with Crippen molar-refractivity contribution >= 4 is 28.6 Å². The van der Waals surface area contributed by atoms with Crippen LogP contribution < -0.4 is 5.32 Å². The largest absolute Gasteiger partial charge is 0.396 e. The fourth-order valence-corrected chi connectivity index (χ4v) is 3.22. The Balaban J connectivity index is 2.02. The minimum atomic E-state index is -0.238. The lowest BCUT2D eigenvalue weighted by atomic mass is 10.2. The molecule has 2 aromatic rings. The second-order valence-electron chi connectivity index (χ2n) is 4.19. The van der Waals surface area contributed by atoms with E-state index in [1.165, 1.54) is 11.3 Å². The number of aliphatic hydroxyl groups excluding tert-OH is 1. The van der Waals surface area contributed by atoms with Crippen LogP contribution in [-0.2, 0) is 4.74 Å². The molecular formula is C13H16N2O3S2. The quantitative estimate of drug-likeness (QED) is 0.820. The first-order valence-corrected chi connectivity index (χ1v) is 7.95. The first-order valence-electron chi connectivity index (χ1n) is 6.13. The third kappa shape index (κ3) is 3.86. The summed E-state index contributed by atoms with van der Waals surface area (Å²) in [6, 6.07) is 1.77. The summed E-state index contributed by atoms with van der Waals surface area (Å²) in [4.78, 5) is 16.4. The summed E-state index contributed by atoms with van der Waals surface area (Å²) in [5.74, 6) is -0.238. The molecule has 5 nitrogen and oxygen atoms in total. The summed E-state index contributed by atoms with van der Waals surface area (Å²) in [7, 11) is 1.56. The topological polar surface area (TPSA) is 71.5 Å². The van der Waals surface area contributed by atoms with Crippen LogP contribution in [0.3, 0.4) is 0 Å². The predicted octanol–water partition coefficient (Wildman–Crippen LogP) is 2.00. The van der Waals surface area contributed by atoms with E-state index in [2.05, 4.69) is 10.3 Å². The Hall–Kier alpha value is -1.28. The Bertz CT molecular complexity index is 534. The van der Waals surface area contributed by atoms with E-state index in [0.29, 0.717) is 18.7 Å². The zero-order valence-corrected chi connectivity index (χ0v) is 12.7. The number of ether oxygens (including phenoxy) is 1. The number of amides is 1. The summed E-state index contributed by atoms with van der Waals surface area (Å²) >= 11 is 3.04. The maximum absolute atomic E-state index is 12.1. The van der Waals surface area contributed by atoms with Crippen LogP contribution >= 0.6 is 22.7 Å². The molecule has 0 aliphatic heterocycles. The molecule has 0 aliphatic rings. The molecule has 0 bridgehead atoms. The smallest absolute Gasteiger partial charge is 0.271 e. The zero-order chi connectivity index (χ0) is 14.4. The van der Waals surface area contributed by atoms with Crippen molar-refractivity contribution in [2.24, 2.45) is 0 Å². The van der Waals surface area contributed by atoms with E-state index in [1.807, 2.05) is 16.8 Å². The number of hydrogen-bond acceptors (Lipinski definition) is 6. The molecule has 0 aliphatic carbocycles. The Morgan fingerprint density at radius 2 is 2.40 bits per heavy atom. The normalized spacial score (nSPS) is 12.3. The SMILES string of the molecule is COCC(CCO)NC(=O)c1csc(-c2ccsc2)n1. The van der Waals surface area contributed by atoms with E-state index in [-0.39, 0.29) is 18.6 Å². The number of carbonyl (C=O) groups excluding carboxylic acids is 1. The van der Waals surface area contributed by atoms with Crippen LogP contribution in [-0.4, -0.2) is 42.4 Å². The molecule has 1 atom stereocenters. The maximum atomic E-state index is 12.1. The minimum Gasteiger partial charge on any atom is -0.396 e. The van der Waals surface area contributed by atoms with Gasteiger partial charge in [-0.15, -0.1) is 11.3 Å². The maximum Gasteiger partial charge on any atom is 0.271 e. The standard InChI is InChI=1S/C13H16N2O3S2/c1-18-6-10(2-4-16)14-12(17)11-8-20-13(15-11)9-3-5-19-7-9/h3,5,7-8,10,16H,2,4,6H2,1H3,(H,14,17). The molecule has 1 unspecified atom stereocenters. The lowest BCUT2D eigenvalue weighted by Crippen LogP contribution is -2.38. The first kappa shape index (κ1) is 15.1. The van der Waals surface area contributed by atoms with Gasteiger partial charge in [0.05, 0.1) is 12.6 Å². The Morgan fingerprint density at radius 1 is 1.55 bits per heavy atom. The van der Waals surface area contributed by atoms with Crippen molar-refractivity contribution < 1.29 is 14.6 Å². The fourth-order valence-electron chi connectivity index (χ4n) is 1.71. The van der Waals surface area contributed by atoms with Gasteiger partial charge in [0.2, 0.25) is 0 Å². The number of carbonyl (C=O) groups is 1. The molecular weight excluding hydrogens is 296 g/mol. The number of aliphatic hydroxyl groups is 1. The highest BCUT2D eigenvalue weighted by Gasteiger charge is 2.16. The van der Waals surface area contributed by atoms with Gasteiger partial charge < -0.3 is 15.2 Å². The summed E-state index contributed by atoms with van der Waals surface area (Å²) in [5.41, 5.74) is 1.43. The van der Waals surface area contributed by atoms with E-state index in [4.69, 9.17) is 9.84 Å². The lowest BCUT2D eigenvalue weighted by molar-refractivity contribution is 0.0874. The van der Waals surface area contributed by atoms with E-state index >= 15 is 0 Å². The average molecular weight is 312 g/mol. The number of nitrogens with zero attached hydrogens (tertiary/aromatic N) is 1. The van der Waals surface area contributed by atoms with Gasteiger partial charge in [0.1, 0.15) is 10.7 Å². The number of rotatable bonds is 7. The molecule has 108 valence electrons. The van der Waals surface area contributed by atoms with Gasteiger partial charge >= 0.3 is 0 Å². The van der Waals surface area contributed by atoms with E-state index in [1.54, 1.807) is 23.8 Å². The van der Waals surface area contributed by atoms with Crippen molar-refractivity contribution in [3.8, 4) is 10.6 Å². The number of aromatic nitrogens is 1. The fraction of sp³-hybridized carbons (Fsp3) is 0.385. The molecule has 0 saturated carbocycles. The molecule has 1 amide bonds. The van der Waals surface area contributed by atoms with Crippen molar-refractivity contribution in [3.05, 3.63) is 27.9 Å². The molecule has 7 heteroatoms. The van der Waals surface area contributed by atoms with Crippen LogP contribution in [0.1, 0.15) is 16.9 Å². The van der Waals surface area contributed by atoms with Gasteiger partial charge in [0.15, 0.2) is 0 Å². The van der Waals surface area contributed by atoms with Crippen LogP contribution in [0.5, 0.6) is 0 Å². The Kier molecular flexibility index (Phi) is 5.66. The van der Waals surface area contributed by atoms with Gasteiger partial charge in [0, 0.05) is 30.0 Å². The zero-order valence-electron chi connectivity index (χ0n) is 11.0. The number of methoxy groups -OCH3 is 1. The van der Waals surface area contributed by atoms with E-state index in [0.717, 1.165) is 10.6 Å². The van der Waals surface area contributed by atoms with E-state index < -0.39 is 0 Å². The second-order valence-corrected chi connectivity index (χ2v) is 5.83. The van der Waals surface area contributed by atoms with Crippen molar-refractivity contribution in [2.45, 2.75) is 12.5 Å². The third-order valence-corrected chi connectivity index (χ3v) is 4.26. The molecule has 20 heavy (non-hydrogen) atoms. The molecule has 0 radical (unpaired) electrons. The average Bonchev–Trinajstić information content (AvgIpc) is 3.10. The summed E-state index contributed by atoms with van der Waals surface area (Å²) in [5, 5.41) is 18.3. The van der Waals surface area contributed by atoms with Crippen molar-refractivity contribution in [2.75, 3.05) is 20.3 Å². The van der Waals surface area contributed by atoms with Crippen LogP contribution in [0.25, 0.3) is 10.6 Å². The highest BCUT2D eigenvalue weighted by atomic mass is 32.1. The first-order chi connectivity index (χ1) is 9.74. The van der Waals surface area contributed by atoms with Crippen molar-refractivity contribution in [1.82, 2.24) is 10.3 Å².